The molecule has 0 aliphatic heterocycles. The third kappa shape index (κ3) is 6.87. The third-order valence-electron chi connectivity index (χ3n) is 6.19. The van der Waals surface area contributed by atoms with E-state index >= 15 is 0 Å². The Labute approximate surface area is 226 Å². The quantitative estimate of drug-likeness (QED) is 0.410. The molecular weight excluding hydrogens is 522 g/mol. The van der Waals surface area contributed by atoms with Gasteiger partial charge in [-0.3, -0.25) is 4.79 Å². The van der Waals surface area contributed by atoms with Crippen molar-refractivity contribution in [2.24, 2.45) is 0 Å². The van der Waals surface area contributed by atoms with Crippen molar-refractivity contribution in [3.63, 3.8) is 0 Å². The number of nitrogens with one attached hydrogen (secondary N) is 1. The van der Waals surface area contributed by atoms with Crippen LogP contribution in [0.15, 0.2) is 70.5 Å². The zero-order chi connectivity index (χ0) is 28.3. The number of hydrogen-bond donors (Lipinski definition) is 1. The number of nitrogens with zero attached hydrogens (tertiary/aromatic N) is 2. The van der Waals surface area contributed by atoms with Crippen molar-refractivity contribution in [2.45, 2.75) is 50.6 Å². The summed E-state index contributed by atoms with van der Waals surface area (Å²) in [6, 6.07) is 17.4. The maximum absolute atomic E-state index is 13.8. The lowest BCUT2D eigenvalue weighted by molar-refractivity contribution is -0.121. The molecule has 3 rings (SSSR count). The molecule has 8 nitrogen and oxygen atoms in total. The first kappa shape index (κ1) is 29.5. The standard InChI is InChI=1S/C28H35N3O5S2/c1-20-7-9-25(10-8-20)18-31(38(35,36)28-22(3)15-21(2)16-23(28)4)19-27(32)29-17-24-11-13-26(14-12-24)37(33,34)30(5)6/h7-16H,17-19H2,1-6H3,(H,29,32). The van der Waals surface area contributed by atoms with Gasteiger partial charge >= 0.3 is 0 Å². The molecule has 0 aliphatic carbocycles. The van der Waals surface area contributed by atoms with Crippen LogP contribution in [-0.4, -0.2) is 52.0 Å². The van der Waals surface area contributed by atoms with Gasteiger partial charge in [-0.2, -0.15) is 4.31 Å². The lowest BCUT2D eigenvalue weighted by atomic mass is 10.1. The molecule has 0 spiro atoms. The van der Waals surface area contributed by atoms with Crippen LogP contribution in [0.3, 0.4) is 0 Å². The van der Waals surface area contributed by atoms with Gasteiger partial charge in [0.15, 0.2) is 0 Å². The van der Waals surface area contributed by atoms with E-state index < -0.39 is 26.0 Å². The minimum Gasteiger partial charge on any atom is -0.351 e. The molecule has 0 heterocycles. The van der Waals surface area contributed by atoms with Gasteiger partial charge in [0.1, 0.15) is 0 Å². The molecule has 0 saturated carbocycles. The van der Waals surface area contributed by atoms with E-state index in [-0.39, 0.29) is 29.4 Å². The second-order valence-corrected chi connectivity index (χ2v) is 13.7. The number of amides is 1. The van der Waals surface area contributed by atoms with Crippen LogP contribution in [-0.2, 0) is 37.9 Å². The van der Waals surface area contributed by atoms with Crippen LogP contribution < -0.4 is 5.32 Å². The molecule has 10 heteroatoms. The van der Waals surface area contributed by atoms with Crippen molar-refractivity contribution in [3.8, 4) is 0 Å². The van der Waals surface area contributed by atoms with Gasteiger partial charge in [-0.25, -0.2) is 21.1 Å². The van der Waals surface area contributed by atoms with E-state index in [2.05, 4.69) is 5.32 Å². The number of hydrogen-bond acceptors (Lipinski definition) is 5. The Balaban J connectivity index is 1.82. The Kier molecular flexibility index (Phi) is 9.14. The molecule has 3 aromatic rings. The van der Waals surface area contributed by atoms with Gasteiger partial charge < -0.3 is 5.32 Å². The first-order valence-electron chi connectivity index (χ1n) is 12.1. The van der Waals surface area contributed by atoms with Gasteiger partial charge in [-0.05, 0) is 62.1 Å². The summed E-state index contributed by atoms with van der Waals surface area (Å²) < 4.78 is 54.5. The molecular formula is C28H35N3O5S2. The molecule has 0 saturated heterocycles. The highest BCUT2D eigenvalue weighted by Crippen LogP contribution is 2.26. The average molecular weight is 558 g/mol. The Morgan fingerprint density at radius 1 is 0.737 bits per heavy atom. The zero-order valence-electron chi connectivity index (χ0n) is 22.6. The van der Waals surface area contributed by atoms with E-state index in [0.29, 0.717) is 16.7 Å². The summed E-state index contributed by atoms with van der Waals surface area (Å²) >= 11 is 0. The van der Waals surface area contributed by atoms with E-state index in [0.717, 1.165) is 21.0 Å². The molecule has 0 unspecified atom stereocenters. The van der Waals surface area contributed by atoms with Gasteiger partial charge in [-0.1, -0.05) is 59.7 Å². The summed E-state index contributed by atoms with van der Waals surface area (Å²) in [5, 5.41) is 2.76. The summed E-state index contributed by atoms with van der Waals surface area (Å²) in [6.07, 6.45) is 0. The molecule has 0 bridgehead atoms. The molecule has 0 radical (unpaired) electrons. The van der Waals surface area contributed by atoms with Crippen LogP contribution in [0.4, 0.5) is 0 Å². The monoisotopic (exact) mass is 557 g/mol. The number of carbonyl (C=O) groups is 1. The van der Waals surface area contributed by atoms with Crippen LogP contribution >= 0.6 is 0 Å². The number of aryl methyl sites for hydroxylation is 4. The fourth-order valence-corrected chi connectivity index (χ4v) is 6.93. The van der Waals surface area contributed by atoms with Crippen molar-refractivity contribution < 1.29 is 21.6 Å². The molecule has 0 aliphatic rings. The van der Waals surface area contributed by atoms with Crippen molar-refractivity contribution in [2.75, 3.05) is 20.6 Å². The molecule has 3 aromatic carbocycles. The molecule has 0 fully saturated rings. The van der Waals surface area contributed by atoms with Crippen molar-refractivity contribution in [3.05, 3.63) is 94.0 Å². The van der Waals surface area contributed by atoms with Gasteiger partial charge in [0.05, 0.1) is 16.3 Å². The molecule has 0 aromatic heterocycles. The maximum Gasteiger partial charge on any atom is 0.244 e. The number of sulfonamides is 2. The first-order valence-corrected chi connectivity index (χ1v) is 15.0. The van der Waals surface area contributed by atoms with Crippen LogP contribution in [0.5, 0.6) is 0 Å². The number of benzene rings is 3. The van der Waals surface area contributed by atoms with E-state index in [4.69, 9.17) is 0 Å². The number of rotatable bonds is 10. The van der Waals surface area contributed by atoms with Crippen LogP contribution in [0, 0.1) is 27.7 Å². The fourth-order valence-electron chi connectivity index (χ4n) is 4.23. The first-order chi connectivity index (χ1) is 17.7. The largest absolute Gasteiger partial charge is 0.351 e. The summed E-state index contributed by atoms with van der Waals surface area (Å²) in [5.74, 6) is -0.465. The van der Waals surface area contributed by atoms with E-state index in [9.17, 15) is 21.6 Å². The summed E-state index contributed by atoms with van der Waals surface area (Å²) in [6.45, 7) is 7.19. The smallest absolute Gasteiger partial charge is 0.244 e. The van der Waals surface area contributed by atoms with E-state index in [1.807, 2.05) is 50.2 Å². The summed E-state index contributed by atoms with van der Waals surface area (Å²) in [4.78, 5) is 13.3. The number of carbonyl (C=O) groups excluding carboxylic acids is 1. The second kappa shape index (κ2) is 11.8. The minimum atomic E-state index is -3.99. The van der Waals surface area contributed by atoms with Crippen molar-refractivity contribution in [1.82, 2.24) is 13.9 Å². The highest BCUT2D eigenvalue weighted by atomic mass is 32.2. The third-order valence-corrected chi connectivity index (χ3v) is 10.1. The Morgan fingerprint density at radius 2 is 1.26 bits per heavy atom. The molecule has 0 atom stereocenters. The summed E-state index contributed by atoms with van der Waals surface area (Å²) in [5.41, 5.74) is 4.73. The molecule has 1 N–H and O–H groups in total. The maximum atomic E-state index is 13.8. The van der Waals surface area contributed by atoms with E-state index in [1.165, 1.54) is 30.5 Å². The van der Waals surface area contributed by atoms with Crippen LogP contribution in [0.25, 0.3) is 0 Å². The molecule has 38 heavy (non-hydrogen) atoms. The predicted molar refractivity (Wildman–Crippen MR) is 149 cm³/mol. The Morgan fingerprint density at radius 3 is 1.79 bits per heavy atom. The van der Waals surface area contributed by atoms with Crippen molar-refractivity contribution in [1.29, 1.82) is 0 Å². The zero-order valence-corrected chi connectivity index (χ0v) is 24.3. The van der Waals surface area contributed by atoms with Crippen LogP contribution in [0.1, 0.15) is 33.4 Å². The Hall–Kier alpha value is -3.05. The summed E-state index contributed by atoms with van der Waals surface area (Å²) in [7, 11) is -4.63. The van der Waals surface area contributed by atoms with E-state index in [1.54, 1.807) is 26.0 Å². The molecule has 204 valence electrons. The SMILES string of the molecule is Cc1ccc(CN(CC(=O)NCc2ccc(S(=O)(=O)N(C)C)cc2)S(=O)(=O)c2c(C)cc(C)cc2C)cc1. The highest BCUT2D eigenvalue weighted by Gasteiger charge is 2.30. The topological polar surface area (TPSA) is 104 Å². The highest BCUT2D eigenvalue weighted by molar-refractivity contribution is 7.89. The fraction of sp³-hybridized carbons (Fsp3) is 0.321. The van der Waals surface area contributed by atoms with Gasteiger partial charge in [0.25, 0.3) is 0 Å². The normalized spacial score (nSPS) is 12.2. The Bertz CT molecular complexity index is 1490. The van der Waals surface area contributed by atoms with Gasteiger partial charge in [0.2, 0.25) is 26.0 Å². The van der Waals surface area contributed by atoms with Crippen LogP contribution in [0.2, 0.25) is 0 Å². The average Bonchev–Trinajstić information content (AvgIpc) is 2.83. The van der Waals surface area contributed by atoms with Crippen molar-refractivity contribution >= 4 is 26.0 Å². The lowest BCUT2D eigenvalue weighted by Crippen LogP contribution is -2.40. The van der Waals surface area contributed by atoms with Gasteiger partial charge in [0, 0.05) is 27.2 Å². The predicted octanol–water partition coefficient (Wildman–Crippen LogP) is 3.68. The van der Waals surface area contributed by atoms with Gasteiger partial charge in [-0.15, -0.1) is 0 Å². The lowest BCUT2D eigenvalue weighted by Gasteiger charge is -2.24. The second-order valence-electron chi connectivity index (χ2n) is 9.69. The minimum absolute atomic E-state index is 0.0415. The molecule has 1 amide bonds.